The molecule has 1 unspecified atom stereocenters. The Morgan fingerprint density at radius 2 is 2.19 bits per heavy atom. The van der Waals surface area contributed by atoms with Crippen molar-refractivity contribution in [2.24, 2.45) is 0 Å². The lowest BCUT2D eigenvalue weighted by Crippen LogP contribution is -2.36. The average molecular weight is 410 g/mol. The van der Waals surface area contributed by atoms with E-state index in [9.17, 15) is 4.39 Å². The van der Waals surface area contributed by atoms with Crippen molar-refractivity contribution in [1.29, 1.82) is 0 Å². The van der Waals surface area contributed by atoms with E-state index in [1.165, 1.54) is 0 Å². The zero-order valence-electron chi connectivity index (χ0n) is 15.1. The molecule has 3 rings (SSSR count). The highest BCUT2D eigenvalue weighted by molar-refractivity contribution is 6.42. The molecule has 1 atom stereocenters. The Kier molecular flexibility index (Phi) is 6.39. The molecule has 0 saturated carbocycles. The molecule has 0 radical (unpaired) electrons. The van der Waals surface area contributed by atoms with Gasteiger partial charge in [-0.2, -0.15) is 0 Å². The number of anilines is 1. The first-order valence-electron chi connectivity index (χ1n) is 8.75. The van der Waals surface area contributed by atoms with Crippen LogP contribution in [0.2, 0.25) is 10.0 Å². The number of alkyl halides is 1. The Morgan fingerprint density at radius 1 is 1.37 bits per heavy atom. The van der Waals surface area contributed by atoms with Crippen LogP contribution in [-0.4, -0.2) is 34.1 Å². The molecule has 5 nitrogen and oxygen atoms in total. The zero-order chi connectivity index (χ0) is 19.4. The van der Waals surface area contributed by atoms with Gasteiger partial charge in [0.25, 0.3) is 0 Å². The van der Waals surface area contributed by atoms with Crippen LogP contribution in [0.1, 0.15) is 23.7 Å². The van der Waals surface area contributed by atoms with Crippen LogP contribution in [0, 0.1) is 0 Å². The number of nitrogens with zero attached hydrogens (tertiary/aromatic N) is 3. The molecule has 1 aliphatic rings. The maximum Gasteiger partial charge on any atom is 0.223 e. The minimum absolute atomic E-state index is 0.314. The Morgan fingerprint density at radius 3 is 2.93 bits per heavy atom. The SMILES string of the molecule is C=C(NCc1ccc(Cl)c(Cl)c1)N1CCc2cnc(NC(C)CF)nc2C1. The highest BCUT2D eigenvalue weighted by Crippen LogP contribution is 2.23. The summed E-state index contributed by atoms with van der Waals surface area (Å²) in [5, 5.41) is 7.36. The Hall–Kier alpha value is -2.05. The van der Waals surface area contributed by atoms with Crippen LogP contribution in [0.4, 0.5) is 10.3 Å². The molecule has 0 bridgehead atoms. The third-order valence-electron chi connectivity index (χ3n) is 4.42. The number of aromatic nitrogens is 2. The van der Waals surface area contributed by atoms with E-state index in [2.05, 4.69) is 32.1 Å². The third kappa shape index (κ3) is 5.02. The Labute approximate surface area is 168 Å². The van der Waals surface area contributed by atoms with Crippen molar-refractivity contribution >= 4 is 29.2 Å². The largest absolute Gasteiger partial charge is 0.368 e. The van der Waals surface area contributed by atoms with Crippen molar-refractivity contribution in [3.63, 3.8) is 0 Å². The number of halogens is 3. The molecule has 2 N–H and O–H groups in total. The van der Waals surface area contributed by atoms with Gasteiger partial charge in [-0.05, 0) is 36.6 Å². The summed E-state index contributed by atoms with van der Waals surface area (Å²) in [6, 6.07) is 5.24. The van der Waals surface area contributed by atoms with Gasteiger partial charge in [0.15, 0.2) is 0 Å². The highest BCUT2D eigenvalue weighted by atomic mass is 35.5. The second kappa shape index (κ2) is 8.76. The van der Waals surface area contributed by atoms with E-state index in [1.54, 1.807) is 13.0 Å². The van der Waals surface area contributed by atoms with E-state index in [4.69, 9.17) is 23.2 Å². The summed E-state index contributed by atoms with van der Waals surface area (Å²) in [5.41, 5.74) is 3.07. The molecule has 2 aromatic rings. The molecular weight excluding hydrogens is 388 g/mol. The topological polar surface area (TPSA) is 53.1 Å². The summed E-state index contributed by atoms with van der Waals surface area (Å²) in [4.78, 5) is 10.9. The molecule has 1 aromatic heterocycles. The van der Waals surface area contributed by atoms with E-state index in [-0.39, 0.29) is 6.04 Å². The minimum Gasteiger partial charge on any atom is -0.368 e. The average Bonchev–Trinajstić information content (AvgIpc) is 2.68. The van der Waals surface area contributed by atoms with Gasteiger partial charge >= 0.3 is 0 Å². The fraction of sp³-hybridized carbons (Fsp3) is 0.368. The number of hydrogen-bond donors (Lipinski definition) is 2. The molecule has 0 fully saturated rings. The van der Waals surface area contributed by atoms with Gasteiger partial charge in [0.2, 0.25) is 5.95 Å². The van der Waals surface area contributed by atoms with E-state index < -0.39 is 6.67 Å². The lowest BCUT2D eigenvalue weighted by atomic mass is 10.1. The molecule has 1 aliphatic heterocycles. The zero-order valence-corrected chi connectivity index (χ0v) is 16.6. The summed E-state index contributed by atoms with van der Waals surface area (Å²) >= 11 is 12.0. The van der Waals surface area contributed by atoms with Gasteiger partial charge in [0.05, 0.1) is 34.1 Å². The maximum absolute atomic E-state index is 12.7. The van der Waals surface area contributed by atoms with Crippen molar-refractivity contribution in [2.45, 2.75) is 32.5 Å². The molecule has 144 valence electrons. The van der Waals surface area contributed by atoms with Crippen LogP contribution in [0.15, 0.2) is 36.8 Å². The number of rotatable bonds is 7. The summed E-state index contributed by atoms with van der Waals surface area (Å²) < 4.78 is 12.7. The van der Waals surface area contributed by atoms with Gasteiger partial charge in [0, 0.05) is 19.3 Å². The number of hydrogen-bond acceptors (Lipinski definition) is 5. The summed E-state index contributed by atoms with van der Waals surface area (Å²) in [5.74, 6) is 1.27. The van der Waals surface area contributed by atoms with Gasteiger partial charge in [-0.1, -0.05) is 35.8 Å². The Bertz CT molecular complexity index is 830. The predicted octanol–water partition coefficient (Wildman–Crippen LogP) is 4.17. The normalized spacial score (nSPS) is 14.4. The van der Waals surface area contributed by atoms with Gasteiger partial charge in [-0.3, -0.25) is 0 Å². The van der Waals surface area contributed by atoms with Gasteiger partial charge in [-0.25, -0.2) is 14.4 Å². The maximum atomic E-state index is 12.7. The molecule has 0 amide bonds. The van der Waals surface area contributed by atoms with Crippen molar-refractivity contribution in [3.05, 3.63) is 63.7 Å². The molecule has 2 heterocycles. The van der Waals surface area contributed by atoms with Crippen molar-refractivity contribution in [2.75, 3.05) is 18.5 Å². The van der Waals surface area contributed by atoms with Crippen LogP contribution in [0.5, 0.6) is 0 Å². The predicted molar refractivity (Wildman–Crippen MR) is 108 cm³/mol. The van der Waals surface area contributed by atoms with E-state index in [0.717, 1.165) is 35.6 Å². The quantitative estimate of drug-likeness (QED) is 0.718. The van der Waals surface area contributed by atoms with Crippen LogP contribution in [0.3, 0.4) is 0 Å². The third-order valence-corrected chi connectivity index (χ3v) is 5.15. The van der Waals surface area contributed by atoms with E-state index in [0.29, 0.717) is 29.1 Å². The van der Waals surface area contributed by atoms with E-state index in [1.807, 2.05) is 18.3 Å². The van der Waals surface area contributed by atoms with Crippen LogP contribution < -0.4 is 10.6 Å². The van der Waals surface area contributed by atoms with Gasteiger partial charge < -0.3 is 15.5 Å². The van der Waals surface area contributed by atoms with Crippen LogP contribution in [0.25, 0.3) is 0 Å². The Balaban J connectivity index is 1.61. The molecule has 0 spiro atoms. The molecule has 8 heteroatoms. The summed E-state index contributed by atoms with van der Waals surface area (Å²) in [7, 11) is 0. The molecular formula is C19H22Cl2FN5. The number of benzene rings is 1. The van der Waals surface area contributed by atoms with Crippen LogP contribution in [-0.2, 0) is 19.5 Å². The first-order valence-corrected chi connectivity index (χ1v) is 9.50. The second-order valence-corrected chi connectivity index (χ2v) is 7.40. The standard InChI is InChI=1S/C19H22Cl2FN5/c1-12(8-22)25-19-24-10-15-5-6-27(11-18(15)26-19)13(2)23-9-14-3-4-16(20)17(21)7-14/h3-4,7,10,12,23H,2,5-6,8-9,11H2,1H3,(H,24,25,26). The smallest absolute Gasteiger partial charge is 0.223 e. The first-order chi connectivity index (χ1) is 13.0. The fourth-order valence-electron chi connectivity index (χ4n) is 2.83. The second-order valence-electron chi connectivity index (χ2n) is 6.59. The van der Waals surface area contributed by atoms with Gasteiger partial charge in [0.1, 0.15) is 6.67 Å². The highest BCUT2D eigenvalue weighted by Gasteiger charge is 2.20. The summed E-state index contributed by atoms with van der Waals surface area (Å²) in [6.07, 6.45) is 2.65. The van der Waals surface area contributed by atoms with E-state index >= 15 is 0 Å². The number of nitrogens with one attached hydrogen (secondary N) is 2. The van der Waals surface area contributed by atoms with Gasteiger partial charge in [-0.15, -0.1) is 0 Å². The summed E-state index contributed by atoms with van der Waals surface area (Å²) in [6.45, 7) is 7.48. The lowest BCUT2D eigenvalue weighted by Gasteiger charge is -2.31. The van der Waals surface area contributed by atoms with Crippen LogP contribution >= 0.6 is 23.2 Å². The minimum atomic E-state index is -0.470. The van der Waals surface area contributed by atoms with Crippen molar-refractivity contribution < 1.29 is 4.39 Å². The molecule has 1 aromatic carbocycles. The van der Waals surface area contributed by atoms with Crippen molar-refractivity contribution in [1.82, 2.24) is 20.2 Å². The monoisotopic (exact) mass is 409 g/mol. The molecule has 27 heavy (non-hydrogen) atoms. The van der Waals surface area contributed by atoms with Crippen molar-refractivity contribution in [3.8, 4) is 0 Å². The lowest BCUT2D eigenvalue weighted by molar-refractivity contribution is 0.294. The fourth-order valence-corrected chi connectivity index (χ4v) is 3.15. The molecule has 0 saturated heterocycles. The number of fused-ring (bicyclic) bond motifs is 1. The molecule has 0 aliphatic carbocycles. The first kappa shape index (κ1) is 19.7.